The topological polar surface area (TPSA) is 89.5 Å². The van der Waals surface area contributed by atoms with Crippen LogP contribution in [0.5, 0.6) is 0 Å². The molecule has 4 aromatic rings. The molecular formula is C20H19N7O2. The van der Waals surface area contributed by atoms with Gasteiger partial charge in [-0.2, -0.15) is 10.2 Å². The van der Waals surface area contributed by atoms with Gasteiger partial charge in [0, 0.05) is 31.7 Å². The van der Waals surface area contributed by atoms with Crippen molar-refractivity contribution < 1.29 is 9.59 Å². The van der Waals surface area contributed by atoms with Gasteiger partial charge >= 0.3 is 0 Å². The third-order valence-electron chi connectivity index (χ3n) is 5.11. The first kappa shape index (κ1) is 17.2. The van der Waals surface area contributed by atoms with Crippen LogP contribution in [-0.2, 0) is 20.1 Å². The highest BCUT2D eigenvalue weighted by Crippen LogP contribution is 2.19. The summed E-state index contributed by atoms with van der Waals surface area (Å²) < 4.78 is 5.35. The van der Waals surface area contributed by atoms with E-state index in [-0.39, 0.29) is 11.8 Å². The van der Waals surface area contributed by atoms with Crippen LogP contribution in [0.2, 0.25) is 0 Å². The number of hydrogen-bond acceptors (Lipinski definition) is 4. The number of anilines is 1. The lowest BCUT2D eigenvalue weighted by molar-refractivity contribution is 0.0707. The van der Waals surface area contributed by atoms with Crippen molar-refractivity contribution in [3.8, 4) is 0 Å². The van der Waals surface area contributed by atoms with Gasteiger partial charge in [0.05, 0.1) is 25.0 Å². The molecule has 2 amide bonds. The summed E-state index contributed by atoms with van der Waals surface area (Å²) in [6.07, 6.45) is 5.28. The van der Waals surface area contributed by atoms with E-state index in [0.29, 0.717) is 36.6 Å². The summed E-state index contributed by atoms with van der Waals surface area (Å²) in [5.41, 5.74) is 3.21. The Hall–Kier alpha value is -3.88. The van der Waals surface area contributed by atoms with E-state index in [4.69, 9.17) is 0 Å². The Morgan fingerprint density at radius 2 is 1.93 bits per heavy atom. The molecule has 0 fully saturated rings. The number of hydrogen-bond donors (Lipinski definition) is 1. The second-order valence-corrected chi connectivity index (χ2v) is 7.03. The molecule has 1 N–H and O–H groups in total. The summed E-state index contributed by atoms with van der Waals surface area (Å²) >= 11 is 0. The van der Waals surface area contributed by atoms with Crippen molar-refractivity contribution in [3.05, 3.63) is 71.9 Å². The fraction of sp³-hybridized carbons (Fsp3) is 0.200. The molecule has 0 radical (unpaired) electrons. The summed E-state index contributed by atoms with van der Waals surface area (Å²) in [5.74, 6) is -0.345. The number of para-hydroxylation sites is 1. The van der Waals surface area contributed by atoms with Crippen LogP contribution in [0.4, 0.5) is 5.69 Å². The molecule has 5 rings (SSSR count). The number of imidazole rings is 1. The highest BCUT2D eigenvalue weighted by Gasteiger charge is 2.27. The Labute approximate surface area is 166 Å². The van der Waals surface area contributed by atoms with E-state index < -0.39 is 0 Å². The van der Waals surface area contributed by atoms with Gasteiger partial charge in [-0.3, -0.25) is 14.3 Å². The Morgan fingerprint density at radius 1 is 1.10 bits per heavy atom. The molecule has 0 aliphatic carbocycles. The first-order chi connectivity index (χ1) is 14.1. The highest BCUT2D eigenvalue weighted by atomic mass is 16.2. The Kier molecular flexibility index (Phi) is 3.94. The molecule has 0 saturated carbocycles. The molecule has 1 aliphatic heterocycles. The maximum absolute atomic E-state index is 13.1. The van der Waals surface area contributed by atoms with Gasteiger partial charge in [0.15, 0.2) is 5.69 Å². The van der Waals surface area contributed by atoms with E-state index in [9.17, 15) is 9.59 Å². The summed E-state index contributed by atoms with van der Waals surface area (Å²) in [5, 5.41) is 11.5. The zero-order chi connectivity index (χ0) is 20.0. The van der Waals surface area contributed by atoms with Gasteiger partial charge in [-0.05, 0) is 18.2 Å². The second-order valence-electron chi connectivity index (χ2n) is 7.03. The van der Waals surface area contributed by atoms with E-state index in [1.54, 1.807) is 26.4 Å². The number of carbonyl (C=O) groups is 2. The van der Waals surface area contributed by atoms with Crippen LogP contribution in [0.15, 0.2) is 55.0 Å². The Morgan fingerprint density at radius 3 is 2.76 bits per heavy atom. The van der Waals surface area contributed by atoms with Crippen molar-refractivity contribution in [3.63, 3.8) is 0 Å². The minimum absolute atomic E-state index is 0.0791. The third kappa shape index (κ3) is 2.96. The zero-order valence-corrected chi connectivity index (χ0v) is 15.8. The van der Waals surface area contributed by atoms with Crippen molar-refractivity contribution >= 4 is 23.1 Å². The first-order valence-electron chi connectivity index (χ1n) is 9.31. The van der Waals surface area contributed by atoms with Crippen LogP contribution >= 0.6 is 0 Å². The zero-order valence-electron chi connectivity index (χ0n) is 15.8. The van der Waals surface area contributed by atoms with Gasteiger partial charge < -0.3 is 14.8 Å². The number of aromatic nitrogens is 5. The maximum Gasteiger partial charge on any atom is 0.276 e. The fourth-order valence-corrected chi connectivity index (χ4v) is 3.64. The van der Waals surface area contributed by atoms with E-state index in [2.05, 4.69) is 15.5 Å². The molecule has 1 aromatic carbocycles. The molecule has 0 saturated heterocycles. The quantitative estimate of drug-likeness (QED) is 0.578. The lowest BCUT2D eigenvalue weighted by Gasteiger charge is -2.27. The summed E-state index contributed by atoms with van der Waals surface area (Å²) in [7, 11) is 1.89. The van der Waals surface area contributed by atoms with Crippen LogP contribution in [-0.4, -0.2) is 47.2 Å². The number of benzene rings is 1. The van der Waals surface area contributed by atoms with Gasteiger partial charge in [-0.1, -0.05) is 18.2 Å². The molecule has 4 heterocycles. The molecule has 0 spiro atoms. The van der Waals surface area contributed by atoms with Gasteiger partial charge in [-0.15, -0.1) is 0 Å². The predicted octanol–water partition coefficient (Wildman–Crippen LogP) is 1.78. The Bertz CT molecular complexity index is 1220. The van der Waals surface area contributed by atoms with Crippen LogP contribution in [0.1, 0.15) is 26.5 Å². The van der Waals surface area contributed by atoms with Gasteiger partial charge in [-0.25, -0.2) is 4.52 Å². The molecule has 0 unspecified atom stereocenters. The average Bonchev–Trinajstić information content (AvgIpc) is 3.44. The van der Waals surface area contributed by atoms with Gasteiger partial charge in [0.25, 0.3) is 11.8 Å². The first-order valence-corrected chi connectivity index (χ1v) is 9.31. The minimum atomic E-state index is -0.266. The van der Waals surface area contributed by atoms with Crippen molar-refractivity contribution in [2.45, 2.75) is 13.1 Å². The fourth-order valence-electron chi connectivity index (χ4n) is 3.64. The number of nitrogens with zero attached hydrogens (tertiary/aromatic N) is 6. The molecule has 3 aromatic heterocycles. The molecule has 0 atom stereocenters. The summed E-state index contributed by atoms with van der Waals surface area (Å²) in [4.78, 5) is 27.3. The standard InChI is InChI=1S/C20H19N7O2/c1-24-7-9-27-19(24)16(12-21-27)20(29)25-8-10-26-15(13-25)11-17(23-26)18(28)22-14-5-3-2-4-6-14/h2-7,9,11-12H,8,10,13H2,1H3,(H,22,28). The largest absolute Gasteiger partial charge is 0.334 e. The summed E-state index contributed by atoms with van der Waals surface area (Å²) in [6.45, 7) is 1.46. The normalized spacial score (nSPS) is 13.5. The number of carbonyl (C=O) groups excluding carboxylic acids is 2. The van der Waals surface area contributed by atoms with E-state index in [1.807, 2.05) is 54.3 Å². The van der Waals surface area contributed by atoms with Crippen molar-refractivity contribution in [2.24, 2.45) is 7.05 Å². The van der Waals surface area contributed by atoms with Gasteiger partial charge in [0.1, 0.15) is 11.2 Å². The van der Waals surface area contributed by atoms with Crippen LogP contribution < -0.4 is 5.32 Å². The Balaban J connectivity index is 1.35. The minimum Gasteiger partial charge on any atom is -0.334 e. The lowest BCUT2D eigenvalue weighted by atomic mass is 10.2. The molecule has 29 heavy (non-hydrogen) atoms. The lowest BCUT2D eigenvalue weighted by Crippen LogP contribution is -2.38. The molecule has 1 aliphatic rings. The molecule has 9 heteroatoms. The molecule has 0 bridgehead atoms. The number of rotatable bonds is 3. The predicted molar refractivity (Wildman–Crippen MR) is 106 cm³/mol. The van der Waals surface area contributed by atoms with Crippen molar-refractivity contribution in [1.29, 1.82) is 0 Å². The smallest absolute Gasteiger partial charge is 0.276 e. The average molecular weight is 389 g/mol. The van der Waals surface area contributed by atoms with Crippen molar-refractivity contribution in [1.82, 2.24) is 28.9 Å². The van der Waals surface area contributed by atoms with Gasteiger partial charge in [0.2, 0.25) is 0 Å². The number of amides is 2. The van der Waals surface area contributed by atoms with E-state index in [1.165, 1.54) is 0 Å². The second kappa shape index (κ2) is 6.62. The molecule has 146 valence electrons. The monoisotopic (exact) mass is 389 g/mol. The van der Waals surface area contributed by atoms with Crippen LogP contribution in [0.3, 0.4) is 0 Å². The number of aryl methyl sites for hydroxylation is 1. The molecule has 9 nitrogen and oxygen atoms in total. The maximum atomic E-state index is 13.1. The van der Waals surface area contributed by atoms with Crippen molar-refractivity contribution in [2.75, 3.05) is 11.9 Å². The SMILES string of the molecule is Cn1ccn2ncc(C(=O)N3CCn4nc(C(=O)Nc5ccccc5)cc4C3)c12. The number of fused-ring (bicyclic) bond motifs is 2. The van der Waals surface area contributed by atoms with Crippen LogP contribution in [0.25, 0.3) is 5.65 Å². The molecular weight excluding hydrogens is 370 g/mol. The number of nitrogens with one attached hydrogen (secondary N) is 1. The summed E-state index contributed by atoms with van der Waals surface area (Å²) in [6, 6.07) is 11.0. The van der Waals surface area contributed by atoms with E-state index in [0.717, 1.165) is 11.3 Å². The van der Waals surface area contributed by atoms with Crippen LogP contribution in [0, 0.1) is 0 Å². The highest BCUT2D eigenvalue weighted by molar-refractivity contribution is 6.03. The third-order valence-corrected chi connectivity index (χ3v) is 5.11. The van der Waals surface area contributed by atoms with E-state index >= 15 is 0 Å².